The van der Waals surface area contributed by atoms with Gasteiger partial charge in [-0.05, 0) is 12.8 Å². The van der Waals surface area contributed by atoms with Gasteiger partial charge in [0.2, 0.25) is 11.8 Å². The number of aliphatic carboxylic acids is 1. The molecule has 1 saturated heterocycles. The van der Waals surface area contributed by atoms with Gasteiger partial charge in [0.15, 0.2) is 0 Å². The molecule has 2 unspecified atom stereocenters. The minimum absolute atomic E-state index is 0.192. The van der Waals surface area contributed by atoms with E-state index in [1.54, 1.807) is 0 Å². The fraction of sp³-hybridized carbons (Fsp3) is 0.636. The smallest absolute Gasteiger partial charge is 0.318 e. The summed E-state index contributed by atoms with van der Waals surface area (Å²) in [5, 5.41) is 13.7. The molecule has 3 N–H and O–H groups in total. The molecular formula is C11H15N3O5. The summed E-state index contributed by atoms with van der Waals surface area (Å²) in [6, 6.07) is -1.01. The second-order valence-electron chi connectivity index (χ2n) is 4.76. The molecule has 19 heavy (non-hydrogen) atoms. The van der Waals surface area contributed by atoms with Crippen molar-refractivity contribution in [3.8, 4) is 0 Å². The van der Waals surface area contributed by atoms with Crippen LogP contribution in [0.4, 0.5) is 4.79 Å². The lowest BCUT2D eigenvalue weighted by molar-refractivity contribution is -0.142. The van der Waals surface area contributed by atoms with Gasteiger partial charge in [-0.1, -0.05) is 6.42 Å². The summed E-state index contributed by atoms with van der Waals surface area (Å²) in [5.74, 6) is -2.60. The zero-order valence-electron chi connectivity index (χ0n) is 10.2. The van der Waals surface area contributed by atoms with Crippen LogP contribution in [0.1, 0.15) is 19.3 Å². The molecule has 1 aliphatic carbocycles. The van der Waals surface area contributed by atoms with Crippen molar-refractivity contribution in [1.29, 1.82) is 0 Å². The Hall–Kier alpha value is -2.12. The lowest BCUT2D eigenvalue weighted by atomic mass is 10.0. The molecule has 0 aromatic heterocycles. The number of amides is 4. The third kappa shape index (κ3) is 3.01. The van der Waals surface area contributed by atoms with Crippen LogP contribution in [-0.4, -0.2) is 53.0 Å². The van der Waals surface area contributed by atoms with Gasteiger partial charge in [-0.25, -0.2) is 4.79 Å². The summed E-state index contributed by atoms with van der Waals surface area (Å²) in [6.07, 6.45) is 1.86. The average molecular weight is 269 g/mol. The Bertz CT molecular complexity index is 420. The summed E-state index contributed by atoms with van der Waals surface area (Å²) in [5.41, 5.74) is 0. The van der Waals surface area contributed by atoms with Crippen molar-refractivity contribution >= 4 is 23.8 Å². The molecule has 2 atom stereocenters. The molecule has 2 fully saturated rings. The molecule has 2 aliphatic rings. The molecule has 4 amide bonds. The topological polar surface area (TPSA) is 116 Å². The summed E-state index contributed by atoms with van der Waals surface area (Å²) >= 11 is 0. The van der Waals surface area contributed by atoms with Crippen LogP contribution in [0.2, 0.25) is 0 Å². The number of carboxylic acids is 1. The predicted octanol–water partition coefficient (Wildman–Crippen LogP) is -1.09. The van der Waals surface area contributed by atoms with Crippen LogP contribution in [0.5, 0.6) is 0 Å². The van der Waals surface area contributed by atoms with Gasteiger partial charge in [-0.3, -0.25) is 19.7 Å². The van der Waals surface area contributed by atoms with Crippen LogP contribution in [0.3, 0.4) is 0 Å². The van der Waals surface area contributed by atoms with Gasteiger partial charge in [0, 0.05) is 6.04 Å². The van der Waals surface area contributed by atoms with Crippen molar-refractivity contribution in [2.24, 2.45) is 5.92 Å². The molecule has 1 saturated carbocycles. The molecule has 0 radical (unpaired) electrons. The number of nitrogens with zero attached hydrogens (tertiary/aromatic N) is 1. The quantitative estimate of drug-likeness (QED) is 0.551. The Labute approximate surface area is 109 Å². The van der Waals surface area contributed by atoms with Crippen LogP contribution in [0.25, 0.3) is 0 Å². The first kappa shape index (κ1) is 13.3. The van der Waals surface area contributed by atoms with Crippen LogP contribution in [0.15, 0.2) is 0 Å². The number of hydrogen-bond acceptors (Lipinski definition) is 4. The number of piperazine rings is 1. The third-order valence-electron chi connectivity index (χ3n) is 3.38. The fourth-order valence-electron chi connectivity index (χ4n) is 2.46. The van der Waals surface area contributed by atoms with Gasteiger partial charge < -0.3 is 15.3 Å². The Balaban J connectivity index is 1.95. The molecule has 1 aliphatic heterocycles. The highest BCUT2D eigenvalue weighted by atomic mass is 16.4. The molecule has 1 heterocycles. The maximum atomic E-state index is 11.9. The van der Waals surface area contributed by atoms with E-state index in [4.69, 9.17) is 5.11 Å². The van der Waals surface area contributed by atoms with Gasteiger partial charge >= 0.3 is 12.0 Å². The summed E-state index contributed by atoms with van der Waals surface area (Å²) < 4.78 is 0. The second-order valence-corrected chi connectivity index (χ2v) is 4.76. The highest BCUT2D eigenvalue weighted by molar-refractivity contribution is 6.02. The number of carboxylic acid groups (broad SMARTS) is 1. The van der Waals surface area contributed by atoms with Crippen LogP contribution in [0, 0.1) is 5.92 Å². The van der Waals surface area contributed by atoms with Crippen LogP contribution in [-0.2, 0) is 14.4 Å². The summed E-state index contributed by atoms with van der Waals surface area (Å²) in [7, 11) is 0. The lowest BCUT2D eigenvalue weighted by Crippen LogP contribution is -2.57. The van der Waals surface area contributed by atoms with E-state index in [1.807, 2.05) is 0 Å². The number of rotatable bonds is 2. The van der Waals surface area contributed by atoms with Crippen molar-refractivity contribution in [2.75, 3.05) is 13.1 Å². The monoisotopic (exact) mass is 269 g/mol. The molecule has 8 nitrogen and oxygen atoms in total. The van der Waals surface area contributed by atoms with Crippen molar-refractivity contribution in [2.45, 2.75) is 25.3 Å². The van der Waals surface area contributed by atoms with E-state index in [2.05, 4.69) is 10.6 Å². The molecular weight excluding hydrogens is 254 g/mol. The number of carbonyl (C=O) groups is 4. The Morgan fingerprint density at radius 3 is 2.42 bits per heavy atom. The zero-order valence-corrected chi connectivity index (χ0v) is 10.2. The fourth-order valence-corrected chi connectivity index (χ4v) is 2.46. The maximum Gasteiger partial charge on any atom is 0.318 e. The van der Waals surface area contributed by atoms with Gasteiger partial charge in [-0.2, -0.15) is 0 Å². The Kier molecular flexibility index (Phi) is 3.68. The van der Waals surface area contributed by atoms with Crippen LogP contribution >= 0.6 is 0 Å². The summed E-state index contributed by atoms with van der Waals surface area (Å²) in [6.45, 7) is -0.385. The molecule has 2 rings (SSSR count). The minimum atomic E-state index is -0.935. The SMILES string of the molecule is O=C1CN(C(=O)NC2CCCC2C(=O)O)CC(=O)N1. The molecule has 0 aromatic carbocycles. The predicted molar refractivity (Wildman–Crippen MR) is 62.0 cm³/mol. The largest absolute Gasteiger partial charge is 0.481 e. The van der Waals surface area contributed by atoms with Crippen molar-refractivity contribution in [1.82, 2.24) is 15.5 Å². The maximum absolute atomic E-state index is 11.9. The third-order valence-corrected chi connectivity index (χ3v) is 3.38. The van der Waals surface area contributed by atoms with Gasteiger partial charge in [-0.15, -0.1) is 0 Å². The molecule has 0 bridgehead atoms. The number of hydrogen-bond donors (Lipinski definition) is 3. The van der Waals surface area contributed by atoms with E-state index in [1.165, 1.54) is 0 Å². The first-order valence-corrected chi connectivity index (χ1v) is 6.08. The van der Waals surface area contributed by atoms with Crippen molar-refractivity contribution < 1.29 is 24.3 Å². The van der Waals surface area contributed by atoms with Crippen LogP contribution < -0.4 is 10.6 Å². The number of imide groups is 1. The highest BCUT2D eigenvalue weighted by Crippen LogP contribution is 2.25. The van der Waals surface area contributed by atoms with E-state index < -0.39 is 35.8 Å². The number of urea groups is 1. The normalized spacial score (nSPS) is 27.1. The standard InChI is InChI=1S/C11H15N3O5/c15-8-4-14(5-9(16)13-8)11(19)12-7-3-1-2-6(7)10(17)18/h6-7H,1-5H2,(H,12,19)(H,17,18)(H,13,15,16). The zero-order chi connectivity index (χ0) is 14.0. The number of nitrogens with one attached hydrogen (secondary N) is 2. The first-order chi connectivity index (χ1) is 8.97. The molecule has 0 aromatic rings. The Morgan fingerprint density at radius 1 is 1.21 bits per heavy atom. The van der Waals surface area contributed by atoms with E-state index >= 15 is 0 Å². The van der Waals surface area contributed by atoms with Gasteiger partial charge in [0.25, 0.3) is 0 Å². The summed E-state index contributed by atoms with van der Waals surface area (Å²) in [4.78, 5) is 46.3. The number of carbonyl (C=O) groups excluding carboxylic acids is 3. The van der Waals surface area contributed by atoms with E-state index in [0.717, 1.165) is 11.3 Å². The van der Waals surface area contributed by atoms with Crippen molar-refractivity contribution in [3.63, 3.8) is 0 Å². The Morgan fingerprint density at radius 2 is 1.84 bits per heavy atom. The average Bonchev–Trinajstić information content (AvgIpc) is 2.75. The lowest BCUT2D eigenvalue weighted by Gasteiger charge is -2.28. The van der Waals surface area contributed by atoms with E-state index in [0.29, 0.717) is 12.8 Å². The second kappa shape index (κ2) is 5.25. The highest BCUT2D eigenvalue weighted by Gasteiger charge is 2.35. The van der Waals surface area contributed by atoms with Crippen molar-refractivity contribution in [3.05, 3.63) is 0 Å². The first-order valence-electron chi connectivity index (χ1n) is 6.08. The molecule has 0 spiro atoms. The van der Waals surface area contributed by atoms with E-state index in [-0.39, 0.29) is 13.1 Å². The van der Waals surface area contributed by atoms with Gasteiger partial charge in [0.1, 0.15) is 13.1 Å². The molecule has 104 valence electrons. The van der Waals surface area contributed by atoms with E-state index in [9.17, 15) is 19.2 Å². The van der Waals surface area contributed by atoms with Gasteiger partial charge in [0.05, 0.1) is 5.92 Å². The molecule has 8 heteroatoms. The minimum Gasteiger partial charge on any atom is -0.481 e.